The minimum atomic E-state index is -1.69. The summed E-state index contributed by atoms with van der Waals surface area (Å²) in [4.78, 5) is 36.1. The Hall–Kier alpha value is -2.01. The lowest BCUT2D eigenvalue weighted by atomic mass is 9.50. The number of carbonyl (C=O) groups excluding carboxylic acids is 3. The van der Waals surface area contributed by atoms with E-state index in [9.17, 15) is 19.5 Å². The van der Waals surface area contributed by atoms with Gasteiger partial charge >= 0.3 is 5.97 Å². The van der Waals surface area contributed by atoms with Crippen LogP contribution in [0.2, 0.25) is 0 Å². The van der Waals surface area contributed by atoms with Gasteiger partial charge in [0.05, 0.1) is 0 Å². The fourth-order valence-electron chi connectivity index (χ4n) is 6.61. The van der Waals surface area contributed by atoms with Crippen LogP contribution in [0.4, 0.5) is 0 Å². The van der Waals surface area contributed by atoms with Gasteiger partial charge in [0.25, 0.3) is 0 Å². The number of ketones is 2. The monoisotopic (exact) mass is 398 g/mol. The van der Waals surface area contributed by atoms with E-state index in [1.54, 1.807) is 0 Å². The fourth-order valence-corrected chi connectivity index (χ4v) is 6.61. The van der Waals surface area contributed by atoms with E-state index in [4.69, 9.17) is 4.74 Å². The van der Waals surface area contributed by atoms with Gasteiger partial charge in [-0.25, -0.2) is 0 Å². The first-order chi connectivity index (χ1) is 13.5. The number of aliphatic hydroxyl groups is 1. The van der Waals surface area contributed by atoms with Crippen LogP contribution in [-0.2, 0) is 19.1 Å². The first-order valence-corrected chi connectivity index (χ1v) is 10.6. The molecule has 4 aliphatic rings. The van der Waals surface area contributed by atoms with Gasteiger partial charge in [0.15, 0.2) is 18.0 Å². The first kappa shape index (κ1) is 20.3. The number of Topliss-reactive ketones (excluding diaryl/α,β-unsaturated/α-hetero) is 1. The molecule has 4 aliphatic carbocycles. The SMILES string of the molecule is C=C1C[C@H]2[C@@H]3CCC4=CC(=O)CC[C@]4(C)C3=CC[C@]2(C)[C@@]1(O)C(=O)COC(C)=O. The quantitative estimate of drug-likeness (QED) is 0.582. The Morgan fingerprint density at radius 1 is 1.31 bits per heavy atom. The van der Waals surface area contributed by atoms with Gasteiger partial charge in [0, 0.05) is 24.2 Å². The Morgan fingerprint density at radius 3 is 2.72 bits per heavy atom. The summed E-state index contributed by atoms with van der Waals surface area (Å²) < 4.78 is 4.91. The van der Waals surface area contributed by atoms with Crippen molar-refractivity contribution in [1.82, 2.24) is 0 Å². The van der Waals surface area contributed by atoms with Gasteiger partial charge in [0.1, 0.15) is 0 Å². The third-order valence-corrected chi connectivity index (χ3v) is 8.34. The highest BCUT2D eigenvalue weighted by atomic mass is 16.5. The molecule has 0 saturated heterocycles. The Morgan fingerprint density at radius 2 is 2.03 bits per heavy atom. The number of carbonyl (C=O) groups is 3. The van der Waals surface area contributed by atoms with Crippen molar-refractivity contribution >= 4 is 17.5 Å². The largest absolute Gasteiger partial charge is 0.458 e. The molecule has 0 spiro atoms. The zero-order valence-corrected chi connectivity index (χ0v) is 17.5. The van der Waals surface area contributed by atoms with Gasteiger partial charge < -0.3 is 9.84 Å². The van der Waals surface area contributed by atoms with Crippen molar-refractivity contribution in [2.24, 2.45) is 22.7 Å². The summed E-state index contributed by atoms with van der Waals surface area (Å²) in [6.45, 7) is 9.13. The molecular weight excluding hydrogens is 368 g/mol. The third-order valence-electron chi connectivity index (χ3n) is 8.34. The first-order valence-electron chi connectivity index (χ1n) is 10.6. The molecule has 0 aliphatic heterocycles. The number of rotatable bonds is 3. The number of hydrogen-bond donors (Lipinski definition) is 1. The average molecular weight is 398 g/mol. The van der Waals surface area contributed by atoms with Crippen molar-refractivity contribution in [3.8, 4) is 0 Å². The number of fused-ring (bicyclic) bond motifs is 5. The lowest BCUT2D eigenvalue weighted by Crippen LogP contribution is -2.56. The summed E-state index contributed by atoms with van der Waals surface area (Å²) in [6, 6.07) is 0. The Bertz CT molecular complexity index is 880. The van der Waals surface area contributed by atoms with Gasteiger partial charge in [-0.3, -0.25) is 14.4 Å². The molecule has 5 heteroatoms. The second kappa shape index (κ2) is 6.49. The molecule has 156 valence electrons. The third kappa shape index (κ3) is 2.66. The number of esters is 1. The molecule has 2 saturated carbocycles. The Labute approximate surface area is 171 Å². The van der Waals surface area contributed by atoms with Crippen LogP contribution in [-0.4, -0.2) is 34.9 Å². The molecule has 5 atom stereocenters. The van der Waals surface area contributed by atoms with Crippen LogP contribution < -0.4 is 0 Å². The molecule has 4 rings (SSSR count). The van der Waals surface area contributed by atoms with Gasteiger partial charge in [-0.15, -0.1) is 0 Å². The van der Waals surface area contributed by atoms with E-state index in [-0.39, 0.29) is 23.0 Å². The number of allylic oxidation sites excluding steroid dienone is 4. The molecular formula is C24H30O5. The highest BCUT2D eigenvalue weighted by molar-refractivity contribution is 5.94. The fraction of sp³-hybridized carbons (Fsp3) is 0.625. The van der Waals surface area contributed by atoms with Crippen LogP contribution in [0.5, 0.6) is 0 Å². The van der Waals surface area contributed by atoms with E-state index in [0.717, 1.165) is 19.3 Å². The van der Waals surface area contributed by atoms with Crippen LogP contribution in [0.3, 0.4) is 0 Å². The van der Waals surface area contributed by atoms with Gasteiger partial charge in [-0.2, -0.15) is 0 Å². The smallest absolute Gasteiger partial charge is 0.303 e. The van der Waals surface area contributed by atoms with Crippen LogP contribution >= 0.6 is 0 Å². The molecule has 0 unspecified atom stereocenters. The maximum absolute atomic E-state index is 13.0. The predicted octanol–water partition coefficient (Wildman–Crippen LogP) is 3.47. The summed E-state index contributed by atoms with van der Waals surface area (Å²) in [7, 11) is 0. The molecule has 0 heterocycles. The molecule has 0 bridgehead atoms. The highest BCUT2D eigenvalue weighted by Crippen LogP contribution is 2.66. The minimum absolute atomic E-state index is 0.0953. The Balaban J connectivity index is 1.71. The van der Waals surface area contributed by atoms with Gasteiger partial charge in [0.2, 0.25) is 5.78 Å². The van der Waals surface area contributed by atoms with Crippen LogP contribution in [0.25, 0.3) is 0 Å². The molecule has 0 aromatic carbocycles. The molecule has 1 N–H and O–H groups in total. The Kier molecular flexibility index (Phi) is 4.54. The average Bonchev–Trinajstić information content (AvgIpc) is 2.88. The highest BCUT2D eigenvalue weighted by Gasteiger charge is 2.66. The maximum Gasteiger partial charge on any atom is 0.303 e. The second-order valence-electron chi connectivity index (χ2n) is 9.72. The maximum atomic E-state index is 13.0. The summed E-state index contributed by atoms with van der Waals surface area (Å²) in [5.74, 6) is -0.430. The normalized spacial score (nSPS) is 41.0. The van der Waals surface area contributed by atoms with E-state index in [0.29, 0.717) is 24.8 Å². The molecule has 0 aromatic heterocycles. The topological polar surface area (TPSA) is 80.7 Å². The zero-order valence-electron chi connectivity index (χ0n) is 17.5. The van der Waals surface area contributed by atoms with E-state index in [2.05, 4.69) is 19.6 Å². The van der Waals surface area contributed by atoms with E-state index >= 15 is 0 Å². The van der Waals surface area contributed by atoms with Gasteiger partial charge in [-0.1, -0.05) is 37.6 Å². The molecule has 0 aromatic rings. The van der Waals surface area contributed by atoms with Crippen molar-refractivity contribution in [2.75, 3.05) is 6.61 Å². The standard InChI is InChI=1S/C24H30O5/c1-14-11-20-18-6-5-16-12-17(26)7-9-22(16,3)19(18)8-10-23(20,4)24(14,28)21(27)13-29-15(2)25/h8,12,18,20,28H,1,5-7,9-11,13H2,2-4H3/t18-,20+,22+,23+,24+/m1/s1. The lowest BCUT2D eigenvalue weighted by molar-refractivity contribution is -0.158. The van der Waals surface area contributed by atoms with E-state index < -0.39 is 29.4 Å². The molecule has 5 nitrogen and oxygen atoms in total. The summed E-state index contributed by atoms with van der Waals surface area (Å²) >= 11 is 0. The van der Waals surface area contributed by atoms with Crippen molar-refractivity contribution in [2.45, 2.75) is 64.9 Å². The van der Waals surface area contributed by atoms with Gasteiger partial charge in [-0.05, 0) is 55.6 Å². The van der Waals surface area contributed by atoms with Crippen molar-refractivity contribution in [3.63, 3.8) is 0 Å². The zero-order chi connectivity index (χ0) is 21.2. The number of ether oxygens (including phenoxy) is 1. The van der Waals surface area contributed by atoms with Crippen LogP contribution in [0.15, 0.2) is 35.5 Å². The molecule has 29 heavy (non-hydrogen) atoms. The molecule has 0 radical (unpaired) electrons. The summed E-state index contributed by atoms with van der Waals surface area (Å²) in [5, 5.41) is 11.6. The van der Waals surface area contributed by atoms with Crippen molar-refractivity contribution < 1.29 is 24.2 Å². The summed E-state index contributed by atoms with van der Waals surface area (Å²) in [6.07, 6.45) is 8.43. The van der Waals surface area contributed by atoms with Crippen LogP contribution in [0, 0.1) is 22.7 Å². The van der Waals surface area contributed by atoms with E-state index in [1.807, 2.05) is 13.0 Å². The number of hydrogen-bond acceptors (Lipinski definition) is 5. The van der Waals surface area contributed by atoms with Crippen molar-refractivity contribution in [3.05, 3.63) is 35.5 Å². The van der Waals surface area contributed by atoms with Crippen LogP contribution in [0.1, 0.15) is 59.3 Å². The summed E-state index contributed by atoms with van der Waals surface area (Å²) in [5.41, 5.74) is 0.684. The van der Waals surface area contributed by atoms with E-state index in [1.165, 1.54) is 18.1 Å². The van der Waals surface area contributed by atoms with Crippen molar-refractivity contribution in [1.29, 1.82) is 0 Å². The second-order valence-corrected chi connectivity index (χ2v) is 9.72. The minimum Gasteiger partial charge on any atom is -0.458 e. The molecule has 0 amide bonds. The predicted molar refractivity (Wildman–Crippen MR) is 108 cm³/mol. The lowest BCUT2D eigenvalue weighted by Gasteiger charge is -2.54. The molecule has 2 fully saturated rings.